The fourth-order valence-corrected chi connectivity index (χ4v) is 10.6. The molecule has 11 aromatic carbocycles. The minimum absolute atomic E-state index is 0.505. The molecule has 0 amide bonds. The van der Waals surface area contributed by atoms with Crippen molar-refractivity contribution in [2.45, 2.75) is 0 Å². The Bertz CT molecular complexity index is 4590. The number of aromatic nitrogens is 4. The van der Waals surface area contributed by atoms with Crippen molar-refractivity contribution in [3.05, 3.63) is 206 Å². The largest absolute Gasteiger partial charge is 0.456 e. The predicted molar refractivity (Wildman–Crippen MR) is 275 cm³/mol. The van der Waals surface area contributed by atoms with Crippen molar-refractivity contribution in [2.75, 3.05) is 0 Å². The smallest absolute Gasteiger partial charge is 0.167 e. The fraction of sp³-hybridized carbons (Fsp3) is 0. The summed E-state index contributed by atoms with van der Waals surface area (Å²) in [4.78, 5) is 16.2. The van der Waals surface area contributed by atoms with Gasteiger partial charge in [-0.25, -0.2) is 15.0 Å². The molecular weight excluding hydrogens is 821 g/mol. The zero-order valence-electron chi connectivity index (χ0n) is 35.7. The molecule has 0 spiro atoms. The van der Waals surface area contributed by atoms with Crippen molar-refractivity contribution < 1.29 is 8.83 Å². The lowest BCUT2D eigenvalue weighted by Crippen LogP contribution is -2.02. The monoisotopic (exact) mass is 854 g/mol. The minimum atomic E-state index is 0.505. The summed E-state index contributed by atoms with van der Waals surface area (Å²) in [5, 5.41) is 15.6. The van der Waals surface area contributed by atoms with E-state index in [-0.39, 0.29) is 0 Å². The lowest BCUT2D eigenvalue weighted by Gasteiger charge is -2.13. The Morgan fingerprint density at radius 1 is 0.313 bits per heavy atom. The van der Waals surface area contributed by atoms with Crippen LogP contribution in [0.3, 0.4) is 0 Å². The molecule has 4 aromatic heterocycles. The number of benzene rings is 11. The number of hydrogen-bond acceptors (Lipinski definition) is 5. The molecule has 0 saturated carbocycles. The zero-order valence-corrected chi connectivity index (χ0v) is 35.7. The molecule has 0 atom stereocenters. The van der Waals surface area contributed by atoms with E-state index >= 15 is 0 Å². The highest BCUT2D eigenvalue weighted by molar-refractivity contribution is 6.24. The average Bonchev–Trinajstić information content (AvgIpc) is 4.05. The Balaban J connectivity index is 1.08. The van der Waals surface area contributed by atoms with E-state index in [1.807, 2.05) is 30.3 Å². The summed E-state index contributed by atoms with van der Waals surface area (Å²) < 4.78 is 15.9. The molecule has 310 valence electrons. The number of para-hydroxylation sites is 1. The van der Waals surface area contributed by atoms with Gasteiger partial charge in [-0.15, -0.1) is 0 Å². The molecule has 4 heterocycles. The summed E-state index contributed by atoms with van der Waals surface area (Å²) in [6, 6.07) is 72.9. The second-order valence-electron chi connectivity index (χ2n) is 17.5. The lowest BCUT2D eigenvalue weighted by atomic mass is 10.0. The quantitative estimate of drug-likeness (QED) is 0.176. The van der Waals surface area contributed by atoms with Crippen molar-refractivity contribution in [1.82, 2.24) is 19.5 Å². The van der Waals surface area contributed by atoms with Gasteiger partial charge in [0, 0.05) is 49.1 Å². The summed E-state index contributed by atoms with van der Waals surface area (Å²) in [6.07, 6.45) is 0. The molecule has 6 nitrogen and oxygen atoms in total. The Hall–Kier alpha value is -9.13. The number of rotatable bonds is 4. The highest BCUT2D eigenvalue weighted by Gasteiger charge is 2.24. The van der Waals surface area contributed by atoms with E-state index in [0.29, 0.717) is 23.1 Å². The van der Waals surface area contributed by atoms with E-state index in [1.165, 1.54) is 32.3 Å². The zero-order chi connectivity index (χ0) is 43.7. The Morgan fingerprint density at radius 3 is 1.73 bits per heavy atom. The van der Waals surface area contributed by atoms with Gasteiger partial charge in [-0.2, -0.15) is 0 Å². The van der Waals surface area contributed by atoms with E-state index in [1.54, 1.807) is 0 Å². The molecule has 0 aliphatic heterocycles. The van der Waals surface area contributed by atoms with Crippen LogP contribution in [-0.4, -0.2) is 19.5 Å². The molecule has 15 aromatic rings. The third kappa shape index (κ3) is 5.41. The van der Waals surface area contributed by atoms with Crippen LogP contribution in [0.25, 0.3) is 149 Å². The van der Waals surface area contributed by atoms with Crippen LogP contribution in [0, 0.1) is 0 Å². The second-order valence-corrected chi connectivity index (χ2v) is 17.5. The normalized spacial score (nSPS) is 12.2. The highest BCUT2D eigenvalue weighted by atomic mass is 16.3. The van der Waals surface area contributed by atoms with E-state index in [4.69, 9.17) is 23.8 Å². The van der Waals surface area contributed by atoms with Gasteiger partial charge >= 0.3 is 0 Å². The number of furan rings is 2. The van der Waals surface area contributed by atoms with Gasteiger partial charge in [-0.3, -0.25) is 0 Å². The molecular formula is C61H34N4O2. The van der Waals surface area contributed by atoms with Crippen molar-refractivity contribution in [3.8, 4) is 39.9 Å². The van der Waals surface area contributed by atoms with E-state index in [0.717, 1.165) is 93.2 Å². The van der Waals surface area contributed by atoms with Crippen LogP contribution in [0.1, 0.15) is 0 Å². The summed E-state index contributed by atoms with van der Waals surface area (Å²) >= 11 is 0. The molecule has 0 saturated heterocycles. The molecule has 0 radical (unpaired) electrons. The van der Waals surface area contributed by atoms with Gasteiger partial charge in [-0.05, 0) is 104 Å². The first-order chi connectivity index (χ1) is 33.2. The fourth-order valence-electron chi connectivity index (χ4n) is 10.6. The maximum absolute atomic E-state index is 7.05. The van der Waals surface area contributed by atoms with Gasteiger partial charge in [0.1, 0.15) is 22.3 Å². The van der Waals surface area contributed by atoms with Crippen molar-refractivity contribution in [2.24, 2.45) is 0 Å². The Kier molecular flexibility index (Phi) is 7.40. The summed E-state index contributed by atoms with van der Waals surface area (Å²) in [7, 11) is 0. The number of fused-ring (bicyclic) bond motifs is 14. The molecule has 6 heteroatoms. The molecule has 0 aliphatic carbocycles. The first kappa shape index (κ1) is 36.2. The SMILES string of the molecule is c1ccc2cc(-c3nc(-c4cc(-n5c6cc7ccccc7cc6c6c7ccccc7ccc65)cc5c4oc4cc6ccccc6cc45)nc(-c4cccc5oc6ccccc6c45)n3)ccc2c1. The van der Waals surface area contributed by atoms with Crippen molar-refractivity contribution >= 4 is 109 Å². The lowest BCUT2D eigenvalue weighted by molar-refractivity contribution is 0.668. The highest BCUT2D eigenvalue weighted by Crippen LogP contribution is 2.44. The standard InChI is InChI=1S/C61H34N4O2/c1-2-14-37-28-42(25-24-35(37)12-1)59-62-60(46-21-11-23-54-57(46)45-20-9-10-22-53(45)66-54)64-61(63-59)50-34-43(33-48-47-29-38-15-4-6-18-41(38)32-55(47)67-58(48)50)65-51-27-26-36-13-7-8-19-44(36)56(51)49-30-39-16-3-5-17-40(39)31-52(49)65/h1-34H. The molecule has 15 rings (SSSR count). The van der Waals surface area contributed by atoms with Crippen LogP contribution >= 0.6 is 0 Å². The van der Waals surface area contributed by atoms with Crippen molar-refractivity contribution in [3.63, 3.8) is 0 Å². The molecule has 0 bridgehead atoms. The topological polar surface area (TPSA) is 69.9 Å². The molecule has 0 unspecified atom stereocenters. The number of nitrogens with zero attached hydrogens (tertiary/aromatic N) is 4. The first-order valence-electron chi connectivity index (χ1n) is 22.6. The third-order valence-corrected chi connectivity index (χ3v) is 13.7. The minimum Gasteiger partial charge on any atom is -0.456 e. The summed E-state index contributed by atoms with van der Waals surface area (Å²) in [5.41, 5.74) is 8.79. The third-order valence-electron chi connectivity index (χ3n) is 13.7. The van der Waals surface area contributed by atoms with Gasteiger partial charge in [0.2, 0.25) is 0 Å². The molecule has 0 aliphatic rings. The van der Waals surface area contributed by atoms with Gasteiger partial charge in [0.25, 0.3) is 0 Å². The van der Waals surface area contributed by atoms with E-state index in [2.05, 4.69) is 180 Å². The number of hydrogen-bond donors (Lipinski definition) is 0. The van der Waals surface area contributed by atoms with Crippen LogP contribution in [-0.2, 0) is 0 Å². The average molecular weight is 855 g/mol. The summed E-state index contributed by atoms with van der Waals surface area (Å²) in [6.45, 7) is 0. The Labute approximate surface area is 381 Å². The summed E-state index contributed by atoms with van der Waals surface area (Å²) in [5.74, 6) is 1.61. The van der Waals surface area contributed by atoms with Crippen LogP contribution in [0.5, 0.6) is 0 Å². The molecule has 0 N–H and O–H groups in total. The van der Waals surface area contributed by atoms with Gasteiger partial charge in [0.15, 0.2) is 17.5 Å². The van der Waals surface area contributed by atoms with Crippen LogP contribution in [0.2, 0.25) is 0 Å². The van der Waals surface area contributed by atoms with Gasteiger partial charge in [-0.1, -0.05) is 146 Å². The van der Waals surface area contributed by atoms with Gasteiger partial charge < -0.3 is 13.4 Å². The van der Waals surface area contributed by atoms with E-state index in [9.17, 15) is 0 Å². The maximum Gasteiger partial charge on any atom is 0.167 e. The van der Waals surface area contributed by atoms with E-state index < -0.39 is 0 Å². The van der Waals surface area contributed by atoms with Crippen LogP contribution in [0.15, 0.2) is 215 Å². The first-order valence-corrected chi connectivity index (χ1v) is 22.6. The predicted octanol–water partition coefficient (Wildman–Crippen LogP) is 16.4. The second kappa shape index (κ2) is 13.7. The van der Waals surface area contributed by atoms with Crippen LogP contribution in [0.4, 0.5) is 0 Å². The maximum atomic E-state index is 7.05. The molecule has 67 heavy (non-hydrogen) atoms. The van der Waals surface area contributed by atoms with Crippen molar-refractivity contribution in [1.29, 1.82) is 0 Å². The van der Waals surface area contributed by atoms with Gasteiger partial charge in [0.05, 0.1) is 16.6 Å². The van der Waals surface area contributed by atoms with Crippen LogP contribution < -0.4 is 0 Å². The Morgan fingerprint density at radius 2 is 0.925 bits per heavy atom. The molecule has 0 fully saturated rings.